The number of nitrogens with one attached hydrogen (secondary N) is 1. The first-order chi connectivity index (χ1) is 9.04. The van der Waals surface area contributed by atoms with Crippen LogP contribution in [0.5, 0.6) is 5.88 Å². The molecule has 0 amide bonds. The molecule has 0 radical (unpaired) electrons. The standard InChI is InChI=1S/C14H12N2O3/c1-3-7-16-13(18)11(12(17)15-14(16)19)10-6-4-5-9(2)8-10/h1,4-6,8,18H,7H2,2H3,(H,15,17,19). The number of hydrogen-bond donors (Lipinski definition) is 2. The van der Waals surface area contributed by atoms with Crippen molar-refractivity contribution in [3.05, 3.63) is 50.7 Å². The van der Waals surface area contributed by atoms with E-state index >= 15 is 0 Å². The Morgan fingerprint density at radius 2 is 2.16 bits per heavy atom. The van der Waals surface area contributed by atoms with E-state index in [4.69, 9.17) is 6.42 Å². The molecule has 96 valence electrons. The van der Waals surface area contributed by atoms with Gasteiger partial charge in [-0.25, -0.2) is 4.79 Å². The van der Waals surface area contributed by atoms with Crippen molar-refractivity contribution in [2.75, 3.05) is 0 Å². The lowest BCUT2D eigenvalue weighted by Crippen LogP contribution is -2.30. The Morgan fingerprint density at radius 3 is 2.79 bits per heavy atom. The van der Waals surface area contributed by atoms with Gasteiger partial charge in [0.05, 0.1) is 6.54 Å². The maximum Gasteiger partial charge on any atom is 0.332 e. The summed E-state index contributed by atoms with van der Waals surface area (Å²) in [5.41, 5.74) is 0.146. The molecule has 1 aromatic heterocycles. The number of H-pyrrole nitrogens is 1. The van der Waals surface area contributed by atoms with Crippen molar-refractivity contribution in [2.24, 2.45) is 0 Å². The molecule has 0 aliphatic rings. The molecule has 2 N–H and O–H groups in total. The third kappa shape index (κ3) is 2.29. The van der Waals surface area contributed by atoms with Crippen molar-refractivity contribution >= 4 is 0 Å². The van der Waals surface area contributed by atoms with Crippen molar-refractivity contribution < 1.29 is 5.11 Å². The number of hydrogen-bond acceptors (Lipinski definition) is 3. The van der Waals surface area contributed by atoms with Crippen LogP contribution in [0.25, 0.3) is 11.1 Å². The first-order valence-electron chi connectivity index (χ1n) is 5.61. The van der Waals surface area contributed by atoms with Crippen LogP contribution in [0.2, 0.25) is 0 Å². The van der Waals surface area contributed by atoms with Crippen LogP contribution in [0.4, 0.5) is 0 Å². The zero-order chi connectivity index (χ0) is 14.0. The number of nitrogens with zero attached hydrogens (tertiary/aromatic N) is 1. The van der Waals surface area contributed by atoms with Gasteiger partial charge in [0.1, 0.15) is 5.56 Å². The SMILES string of the molecule is C#CCn1c(O)c(-c2cccc(C)c2)c(=O)[nH]c1=O. The number of aromatic amines is 1. The minimum absolute atomic E-state index is 0.0403. The summed E-state index contributed by atoms with van der Waals surface area (Å²) in [4.78, 5) is 25.5. The summed E-state index contributed by atoms with van der Waals surface area (Å²) >= 11 is 0. The van der Waals surface area contributed by atoms with Gasteiger partial charge in [-0.1, -0.05) is 35.7 Å². The third-order valence-electron chi connectivity index (χ3n) is 2.73. The molecule has 19 heavy (non-hydrogen) atoms. The highest BCUT2D eigenvalue weighted by Gasteiger charge is 2.15. The normalized spacial score (nSPS) is 10.1. The van der Waals surface area contributed by atoms with Crippen LogP contribution >= 0.6 is 0 Å². The molecule has 2 aromatic rings. The molecule has 0 unspecified atom stereocenters. The van der Waals surface area contributed by atoms with E-state index in [-0.39, 0.29) is 12.1 Å². The molecule has 1 aromatic carbocycles. The van der Waals surface area contributed by atoms with Gasteiger partial charge in [0.25, 0.3) is 5.56 Å². The maximum absolute atomic E-state index is 11.8. The average molecular weight is 256 g/mol. The number of aromatic hydroxyl groups is 1. The highest BCUT2D eigenvalue weighted by Crippen LogP contribution is 2.24. The average Bonchev–Trinajstić information content (AvgIpc) is 2.34. The third-order valence-corrected chi connectivity index (χ3v) is 2.73. The number of benzene rings is 1. The zero-order valence-electron chi connectivity index (χ0n) is 10.3. The van der Waals surface area contributed by atoms with Gasteiger partial charge in [0.2, 0.25) is 5.88 Å². The lowest BCUT2D eigenvalue weighted by molar-refractivity contribution is 0.415. The van der Waals surface area contributed by atoms with Crippen LogP contribution in [0, 0.1) is 19.3 Å². The van der Waals surface area contributed by atoms with Crippen LogP contribution in [-0.2, 0) is 6.54 Å². The number of aryl methyl sites for hydroxylation is 1. The van der Waals surface area contributed by atoms with E-state index < -0.39 is 17.1 Å². The van der Waals surface area contributed by atoms with E-state index in [0.717, 1.165) is 10.1 Å². The second kappa shape index (κ2) is 4.86. The molecule has 0 atom stereocenters. The Morgan fingerprint density at radius 1 is 1.42 bits per heavy atom. The molecule has 0 saturated carbocycles. The van der Waals surface area contributed by atoms with Crippen LogP contribution in [-0.4, -0.2) is 14.7 Å². The lowest BCUT2D eigenvalue weighted by Gasteiger charge is -2.09. The van der Waals surface area contributed by atoms with E-state index in [1.165, 1.54) is 0 Å². The van der Waals surface area contributed by atoms with Crippen molar-refractivity contribution in [1.29, 1.82) is 0 Å². The first kappa shape index (κ1) is 12.7. The van der Waals surface area contributed by atoms with Gasteiger partial charge in [-0.05, 0) is 12.5 Å². The summed E-state index contributed by atoms with van der Waals surface area (Å²) < 4.78 is 0.944. The van der Waals surface area contributed by atoms with Gasteiger partial charge in [0.15, 0.2) is 0 Å². The Labute approximate surface area is 109 Å². The summed E-state index contributed by atoms with van der Waals surface area (Å²) in [6, 6.07) is 7.06. The summed E-state index contributed by atoms with van der Waals surface area (Å²) in [7, 11) is 0. The second-order valence-electron chi connectivity index (χ2n) is 4.12. The smallest absolute Gasteiger partial charge is 0.332 e. The van der Waals surface area contributed by atoms with E-state index in [1.54, 1.807) is 18.2 Å². The predicted molar refractivity (Wildman–Crippen MR) is 72.0 cm³/mol. The van der Waals surface area contributed by atoms with Crippen molar-refractivity contribution in [1.82, 2.24) is 9.55 Å². The monoisotopic (exact) mass is 256 g/mol. The number of terminal acetylenes is 1. The molecule has 0 aliphatic heterocycles. The van der Waals surface area contributed by atoms with Crippen LogP contribution in [0.15, 0.2) is 33.9 Å². The molecule has 1 heterocycles. The largest absolute Gasteiger partial charge is 0.494 e. The summed E-state index contributed by atoms with van der Waals surface area (Å²) in [5.74, 6) is 1.84. The molecule has 5 nitrogen and oxygen atoms in total. The van der Waals surface area contributed by atoms with Crippen molar-refractivity contribution in [3.8, 4) is 29.4 Å². The molecular weight excluding hydrogens is 244 g/mol. The fraction of sp³-hybridized carbons (Fsp3) is 0.143. The molecule has 0 saturated heterocycles. The Bertz CT molecular complexity index is 778. The van der Waals surface area contributed by atoms with Gasteiger partial charge in [-0.2, -0.15) is 0 Å². The fourth-order valence-electron chi connectivity index (χ4n) is 1.86. The van der Waals surface area contributed by atoms with Gasteiger partial charge in [-0.3, -0.25) is 14.3 Å². The fourth-order valence-corrected chi connectivity index (χ4v) is 1.86. The van der Waals surface area contributed by atoms with E-state index in [0.29, 0.717) is 5.56 Å². The van der Waals surface area contributed by atoms with Crippen molar-refractivity contribution in [3.63, 3.8) is 0 Å². The minimum atomic E-state index is -0.725. The zero-order valence-corrected chi connectivity index (χ0v) is 10.3. The number of rotatable bonds is 2. The Balaban J connectivity index is 2.78. The quantitative estimate of drug-likeness (QED) is 0.782. The molecule has 5 heteroatoms. The summed E-state index contributed by atoms with van der Waals surface area (Å²) in [6.45, 7) is 1.76. The van der Waals surface area contributed by atoms with E-state index in [2.05, 4.69) is 10.9 Å². The van der Waals surface area contributed by atoms with E-state index in [9.17, 15) is 14.7 Å². The number of aromatic nitrogens is 2. The highest BCUT2D eigenvalue weighted by molar-refractivity contribution is 5.67. The Kier molecular flexibility index (Phi) is 3.25. The topological polar surface area (TPSA) is 75.1 Å². The first-order valence-corrected chi connectivity index (χ1v) is 5.61. The van der Waals surface area contributed by atoms with Crippen LogP contribution in [0.3, 0.4) is 0 Å². The lowest BCUT2D eigenvalue weighted by atomic mass is 10.1. The van der Waals surface area contributed by atoms with Gasteiger partial charge >= 0.3 is 5.69 Å². The molecule has 0 spiro atoms. The molecule has 0 fully saturated rings. The predicted octanol–water partition coefficient (Wildman–Crippen LogP) is 0.851. The van der Waals surface area contributed by atoms with Crippen molar-refractivity contribution in [2.45, 2.75) is 13.5 Å². The van der Waals surface area contributed by atoms with Gasteiger partial charge in [0, 0.05) is 0 Å². The van der Waals surface area contributed by atoms with Crippen LogP contribution in [0.1, 0.15) is 5.56 Å². The molecule has 0 bridgehead atoms. The molecular formula is C14H12N2O3. The highest BCUT2D eigenvalue weighted by atomic mass is 16.3. The van der Waals surface area contributed by atoms with Gasteiger partial charge < -0.3 is 5.11 Å². The molecule has 0 aliphatic carbocycles. The van der Waals surface area contributed by atoms with Gasteiger partial charge in [-0.15, -0.1) is 6.42 Å². The Hall–Kier alpha value is -2.74. The second-order valence-corrected chi connectivity index (χ2v) is 4.12. The van der Waals surface area contributed by atoms with Crippen LogP contribution < -0.4 is 11.2 Å². The minimum Gasteiger partial charge on any atom is -0.494 e. The maximum atomic E-state index is 11.8. The summed E-state index contributed by atoms with van der Waals surface area (Å²) in [5, 5.41) is 10.1. The summed E-state index contributed by atoms with van der Waals surface area (Å²) in [6.07, 6.45) is 5.14. The molecule has 2 rings (SSSR count). The van der Waals surface area contributed by atoms with E-state index in [1.807, 2.05) is 13.0 Å².